The molecule has 0 radical (unpaired) electrons. The van der Waals surface area contributed by atoms with Crippen LogP contribution < -0.4 is 5.32 Å². The normalized spacial score (nSPS) is 11.2. The number of fused-ring (bicyclic) bond motifs is 1. The van der Waals surface area contributed by atoms with Gasteiger partial charge in [-0.05, 0) is 12.1 Å². The second kappa shape index (κ2) is 5.74. The molecular weight excluding hydrogens is 261 g/mol. The third-order valence-electron chi connectivity index (χ3n) is 2.50. The van der Waals surface area contributed by atoms with Gasteiger partial charge in [-0.1, -0.05) is 23.2 Å². The topological polar surface area (TPSA) is 34.4 Å². The monoisotopic (exact) mass is 273 g/mol. The molecule has 0 unspecified atom stereocenters. The lowest BCUT2D eigenvalue weighted by Crippen LogP contribution is -2.18. The van der Waals surface area contributed by atoms with Crippen LogP contribution in [0.2, 0.25) is 10.0 Å². The summed E-state index contributed by atoms with van der Waals surface area (Å²) in [5, 5.41) is 5.35. The Kier molecular flexibility index (Phi) is 4.29. The van der Waals surface area contributed by atoms with Crippen LogP contribution >= 0.6 is 23.2 Å². The van der Waals surface area contributed by atoms with Crippen molar-refractivity contribution >= 4 is 34.2 Å². The van der Waals surface area contributed by atoms with Crippen LogP contribution in [0.1, 0.15) is 5.56 Å². The molecular formula is C12H13Cl2NO2. The fourth-order valence-electron chi connectivity index (χ4n) is 1.66. The third-order valence-corrected chi connectivity index (χ3v) is 3.11. The first-order valence-electron chi connectivity index (χ1n) is 5.27. The maximum absolute atomic E-state index is 6.14. The van der Waals surface area contributed by atoms with Crippen molar-refractivity contribution in [2.75, 3.05) is 20.3 Å². The van der Waals surface area contributed by atoms with E-state index in [2.05, 4.69) is 5.32 Å². The lowest BCUT2D eigenvalue weighted by atomic mass is 10.2. The predicted molar refractivity (Wildman–Crippen MR) is 69.8 cm³/mol. The number of nitrogens with one attached hydrogen (secondary N) is 1. The molecule has 0 amide bonds. The van der Waals surface area contributed by atoms with Crippen molar-refractivity contribution in [3.8, 4) is 0 Å². The number of rotatable bonds is 5. The number of hydrogen-bond acceptors (Lipinski definition) is 3. The zero-order valence-corrected chi connectivity index (χ0v) is 10.9. The van der Waals surface area contributed by atoms with E-state index in [9.17, 15) is 0 Å². The summed E-state index contributed by atoms with van der Waals surface area (Å²) in [5.74, 6) is 0. The first-order chi connectivity index (χ1) is 8.24. The molecule has 92 valence electrons. The molecule has 2 aromatic rings. The summed E-state index contributed by atoms with van der Waals surface area (Å²) in [7, 11) is 1.67. The summed E-state index contributed by atoms with van der Waals surface area (Å²) in [6, 6.07) is 3.51. The quantitative estimate of drug-likeness (QED) is 0.848. The highest BCUT2D eigenvalue weighted by molar-refractivity contribution is 6.39. The summed E-state index contributed by atoms with van der Waals surface area (Å²) in [4.78, 5) is 0. The first-order valence-corrected chi connectivity index (χ1v) is 6.03. The Balaban J connectivity index is 2.20. The van der Waals surface area contributed by atoms with Gasteiger partial charge in [0.05, 0.1) is 22.9 Å². The average molecular weight is 274 g/mol. The van der Waals surface area contributed by atoms with Gasteiger partial charge in [-0.3, -0.25) is 0 Å². The van der Waals surface area contributed by atoms with Gasteiger partial charge in [0.2, 0.25) is 0 Å². The molecule has 0 aliphatic heterocycles. The zero-order valence-electron chi connectivity index (χ0n) is 9.43. The van der Waals surface area contributed by atoms with Gasteiger partial charge in [0.1, 0.15) is 0 Å². The summed E-state index contributed by atoms with van der Waals surface area (Å²) in [6.07, 6.45) is 1.68. The smallest absolute Gasteiger partial charge is 0.154 e. The molecule has 0 aliphatic rings. The molecule has 1 N–H and O–H groups in total. The molecule has 1 aromatic heterocycles. The Labute approximate surface area is 110 Å². The van der Waals surface area contributed by atoms with E-state index < -0.39 is 0 Å². The minimum atomic E-state index is 0.576. The zero-order chi connectivity index (χ0) is 12.3. The Bertz CT molecular complexity index is 510. The molecule has 0 atom stereocenters. The number of furan rings is 1. The van der Waals surface area contributed by atoms with Crippen LogP contribution in [-0.2, 0) is 11.3 Å². The van der Waals surface area contributed by atoms with E-state index in [4.69, 9.17) is 32.4 Å². The molecule has 1 heterocycles. The molecule has 17 heavy (non-hydrogen) atoms. The summed E-state index contributed by atoms with van der Waals surface area (Å²) >= 11 is 12.2. The van der Waals surface area contributed by atoms with Crippen molar-refractivity contribution in [1.29, 1.82) is 0 Å². The van der Waals surface area contributed by atoms with Crippen molar-refractivity contribution in [3.05, 3.63) is 34.0 Å². The van der Waals surface area contributed by atoms with Crippen LogP contribution in [0.5, 0.6) is 0 Å². The maximum Gasteiger partial charge on any atom is 0.154 e. The Morgan fingerprint density at radius 2 is 2.06 bits per heavy atom. The van der Waals surface area contributed by atoms with Gasteiger partial charge >= 0.3 is 0 Å². The highest BCUT2D eigenvalue weighted by Gasteiger charge is 2.12. The molecule has 1 aromatic carbocycles. The van der Waals surface area contributed by atoms with E-state index in [1.165, 1.54) is 0 Å². The fourth-order valence-corrected chi connectivity index (χ4v) is 2.14. The molecule has 5 heteroatoms. The molecule has 0 saturated carbocycles. The predicted octanol–water partition coefficient (Wildman–Crippen LogP) is 3.48. The highest BCUT2D eigenvalue weighted by Crippen LogP contribution is 2.33. The van der Waals surface area contributed by atoms with Crippen molar-refractivity contribution in [2.45, 2.75) is 6.54 Å². The van der Waals surface area contributed by atoms with Crippen LogP contribution in [-0.4, -0.2) is 20.3 Å². The second-order valence-electron chi connectivity index (χ2n) is 3.66. The van der Waals surface area contributed by atoms with E-state index in [1.807, 2.05) is 0 Å². The van der Waals surface area contributed by atoms with Gasteiger partial charge in [0, 0.05) is 31.1 Å². The summed E-state index contributed by atoms with van der Waals surface area (Å²) < 4.78 is 10.4. The van der Waals surface area contributed by atoms with E-state index in [0.29, 0.717) is 28.8 Å². The molecule has 0 aliphatic carbocycles. The lowest BCUT2D eigenvalue weighted by Gasteiger charge is -2.03. The van der Waals surface area contributed by atoms with Gasteiger partial charge in [0.15, 0.2) is 5.58 Å². The van der Waals surface area contributed by atoms with E-state index in [1.54, 1.807) is 25.5 Å². The number of ether oxygens (including phenoxy) is 1. The van der Waals surface area contributed by atoms with E-state index in [-0.39, 0.29) is 0 Å². The fraction of sp³-hybridized carbons (Fsp3) is 0.333. The van der Waals surface area contributed by atoms with E-state index in [0.717, 1.165) is 17.5 Å². The van der Waals surface area contributed by atoms with Gasteiger partial charge in [-0.15, -0.1) is 0 Å². The molecule has 0 bridgehead atoms. The maximum atomic E-state index is 6.14. The Morgan fingerprint density at radius 1 is 1.29 bits per heavy atom. The molecule has 3 nitrogen and oxygen atoms in total. The van der Waals surface area contributed by atoms with Crippen LogP contribution in [0, 0.1) is 0 Å². The Morgan fingerprint density at radius 3 is 2.82 bits per heavy atom. The second-order valence-corrected chi connectivity index (χ2v) is 4.48. The van der Waals surface area contributed by atoms with Crippen LogP contribution in [0.15, 0.2) is 22.8 Å². The van der Waals surface area contributed by atoms with Gasteiger partial charge in [-0.2, -0.15) is 0 Å². The largest absolute Gasteiger partial charge is 0.462 e. The average Bonchev–Trinajstić information content (AvgIpc) is 2.75. The van der Waals surface area contributed by atoms with Gasteiger partial charge in [-0.25, -0.2) is 0 Å². The van der Waals surface area contributed by atoms with Crippen LogP contribution in [0.4, 0.5) is 0 Å². The minimum Gasteiger partial charge on any atom is -0.462 e. The van der Waals surface area contributed by atoms with Crippen molar-refractivity contribution < 1.29 is 9.15 Å². The number of methoxy groups -OCH3 is 1. The molecule has 2 rings (SSSR count). The first kappa shape index (κ1) is 12.7. The number of benzene rings is 1. The minimum absolute atomic E-state index is 0.576. The standard InChI is InChI=1S/C12H13Cl2NO2/c1-16-5-4-15-6-8-7-17-12-10(14)3-2-9(13)11(8)12/h2-3,7,15H,4-6H2,1H3. The van der Waals surface area contributed by atoms with Crippen molar-refractivity contribution in [1.82, 2.24) is 5.32 Å². The van der Waals surface area contributed by atoms with E-state index >= 15 is 0 Å². The van der Waals surface area contributed by atoms with Gasteiger partial charge in [0.25, 0.3) is 0 Å². The van der Waals surface area contributed by atoms with Crippen molar-refractivity contribution in [2.24, 2.45) is 0 Å². The van der Waals surface area contributed by atoms with Crippen molar-refractivity contribution in [3.63, 3.8) is 0 Å². The highest BCUT2D eigenvalue weighted by atomic mass is 35.5. The van der Waals surface area contributed by atoms with Gasteiger partial charge < -0.3 is 14.5 Å². The Hall–Kier alpha value is -0.740. The summed E-state index contributed by atoms with van der Waals surface area (Å²) in [6.45, 7) is 2.13. The molecule has 0 saturated heterocycles. The number of halogens is 2. The van der Waals surface area contributed by atoms with Crippen LogP contribution in [0.25, 0.3) is 11.0 Å². The summed E-state index contributed by atoms with van der Waals surface area (Å²) in [5.41, 5.74) is 1.64. The SMILES string of the molecule is COCCNCc1coc2c(Cl)ccc(Cl)c12. The van der Waals surface area contributed by atoms with Crippen LogP contribution in [0.3, 0.4) is 0 Å². The lowest BCUT2D eigenvalue weighted by molar-refractivity contribution is 0.199. The number of hydrogen-bond donors (Lipinski definition) is 1. The third kappa shape index (κ3) is 2.75. The molecule has 0 spiro atoms. The molecule has 0 fully saturated rings.